The van der Waals surface area contributed by atoms with E-state index >= 15 is 0 Å². The molecule has 0 aliphatic carbocycles. The van der Waals surface area contributed by atoms with Crippen LogP contribution in [0.4, 0.5) is 0 Å². The molecule has 1 aromatic carbocycles. The zero-order chi connectivity index (χ0) is 14.0. The Labute approximate surface area is 114 Å². The van der Waals surface area contributed by atoms with Gasteiger partial charge in [-0.2, -0.15) is 4.31 Å². The molecule has 1 fully saturated rings. The van der Waals surface area contributed by atoms with Gasteiger partial charge in [0.2, 0.25) is 10.0 Å². The van der Waals surface area contributed by atoms with Crippen molar-refractivity contribution in [3.05, 3.63) is 23.8 Å². The van der Waals surface area contributed by atoms with E-state index in [-0.39, 0.29) is 6.04 Å². The molecule has 0 amide bonds. The number of benzene rings is 1. The van der Waals surface area contributed by atoms with Crippen LogP contribution in [-0.4, -0.2) is 38.5 Å². The Bertz CT molecular complexity index is 557. The molecule has 0 bridgehead atoms. The molecule has 2 N–H and O–H groups in total. The van der Waals surface area contributed by atoms with Crippen LogP contribution in [-0.2, 0) is 10.0 Å². The lowest BCUT2D eigenvalue weighted by molar-refractivity contribution is 0.337. The van der Waals surface area contributed by atoms with Gasteiger partial charge in [0.25, 0.3) is 0 Å². The first-order chi connectivity index (χ1) is 8.95. The average Bonchev–Trinajstić information content (AvgIpc) is 2.79. The fraction of sp³-hybridized carbons (Fsp3) is 0.538. The van der Waals surface area contributed by atoms with Crippen molar-refractivity contribution in [3.8, 4) is 5.75 Å². The number of rotatable bonds is 4. The Morgan fingerprint density at radius 1 is 1.47 bits per heavy atom. The molecule has 1 aliphatic rings. The maximum absolute atomic E-state index is 12.4. The van der Waals surface area contributed by atoms with Crippen LogP contribution in [0.5, 0.6) is 5.75 Å². The first kappa shape index (κ1) is 14.3. The number of nitrogens with zero attached hydrogens (tertiary/aromatic N) is 1. The lowest BCUT2D eigenvalue weighted by Crippen LogP contribution is -2.32. The van der Waals surface area contributed by atoms with Gasteiger partial charge in [-0.1, -0.05) is 0 Å². The van der Waals surface area contributed by atoms with Gasteiger partial charge in [-0.15, -0.1) is 0 Å². The number of ether oxygens (including phenoxy) is 1. The second-order valence-electron chi connectivity index (χ2n) is 4.77. The standard InChI is InChI=1S/C13H20N2O3S/c1-3-18-13-5-4-12(8-10(13)2)19(16,17)15-7-6-11(14)9-15/h4-5,8,11H,3,6-7,9,14H2,1-2H3/t11-/m1/s1. The molecule has 0 unspecified atom stereocenters. The lowest BCUT2D eigenvalue weighted by Gasteiger charge is -2.17. The number of hydrogen-bond donors (Lipinski definition) is 1. The minimum Gasteiger partial charge on any atom is -0.494 e. The molecule has 0 spiro atoms. The van der Waals surface area contributed by atoms with Crippen molar-refractivity contribution in [2.45, 2.75) is 31.2 Å². The Hall–Kier alpha value is -1.11. The summed E-state index contributed by atoms with van der Waals surface area (Å²) < 4.78 is 31.7. The van der Waals surface area contributed by atoms with Gasteiger partial charge in [-0.05, 0) is 44.0 Å². The van der Waals surface area contributed by atoms with Crippen molar-refractivity contribution in [1.29, 1.82) is 0 Å². The normalized spacial score (nSPS) is 20.7. The summed E-state index contributed by atoms with van der Waals surface area (Å²) in [7, 11) is -3.43. The van der Waals surface area contributed by atoms with Gasteiger partial charge in [0.1, 0.15) is 5.75 Å². The summed E-state index contributed by atoms with van der Waals surface area (Å²) in [6.07, 6.45) is 0.718. The van der Waals surface area contributed by atoms with Crippen LogP contribution >= 0.6 is 0 Å². The summed E-state index contributed by atoms with van der Waals surface area (Å²) in [6, 6.07) is 4.90. The van der Waals surface area contributed by atoms with Crippen molar-refractivity contribution < 1.29 is 13.2 Å². The van der Waals surface area contributed by atoms with Gasteiger partial charge >= 0.3 is 0 Å². The zero-order valence-corrected chi connectivity index (χ0v) is 12.1. The van der Waals surface area contributed by atoms with Crippen LogP contribution < -0.4 is 10.5 Å². The molecule has 6 heteroatoms. The number of aryl methyl sites for hydroxylation is 1. The van der Waals surface area contributed by atoms with Gasteiger partial charge in [0, 0.05) is 19.1 Å². The highest BCUT2D eigenvalue weighted by molar-refractivity contribution is 7.89. The van der Waals surface area contributed by atoms with Gasteiger partial charge in [0.05, 0.1) is 11.5 Å². The maximum atomic E-state index is 12.4. The maximum Gasteiger partial charge on any atom is 0.243 e. The highest BCUT2D eigenvalue weighted by Gasteiger charge is 2.31. The predicted octanol–water partition coefficient (Wildman–Crippen LogP) is 1.12. The SMILES string of the molecule is CCOc1ccc(S(=O)(=O)N2CC[C@@H](N)C2)cc1C. The van der Waals surface area contributed by atoms with E-state index in [1.165, 1.54) is 4.31 Å². The fourth-order valence-corrected chi connectivity index (χ4v) is 3.82. The minimum absolute atomic E-state index is 0.0569. The Morgan fingerprint density at radius 3 is 2.74 bits per heavy atom. The quantitative estimate of drug-likeness (QED) is 0.899. The number of nitrogens with two attached hydrogens (primary N) is 1. The molecule has 0 radical (unpaired) electrons. The monoisotopic (exact) mass is 284 g/mol. The molecule has 19 heavy (non-hydrogen) atoms. The molecule has 5 nitrogen and oxygen atoms in total. The fourth-order valence-electron chi connectivity index (χ4n) is 2.22. The van der Waals surface area contributed by atoms with E-state index in [1.807, 2.05) is 13.8 Å². The Balaban J connectivity index is 2.28. The molecule has 0 aromatic heterocycles. The molecule has 1 aliphatic heterocycles. The van der Waals surface area contributed by atoms with E-state index in [9.17, 15) is 8.42 Å². The van der Waals surface area contributed by atoms with Gasteiger partial charge in [-0.3, -0.25) is 0 Å². The molecule has 106 valence electrons. The number of hydrogen-bond acceptors (Lipinski definition) is 4. The summed E-state index contributed by atoms with van der Waals surface area (Å²) in [5, 5.41) is 0. The second-order valence-corrected chi connectivity index (χ2v) is 6.71. The Morgan fingerprint density at radius 2 is 2.21 bits per heavy atom. The summed E-state index contributed by atoms with van der Waals surface area (Å²) in [4.78, 5) is 0.308. The van der Waals surface area contributed by atoms with Crippen molar-refractivity contribution >= 4 is 10.0 Å². The third kappa shape index (κ3) is 2.91. The van der Waals surface area contributed by atoms with Gasteiger partial charge in [0.15, 0.2) is 0 Å². The molecule has 1 saturated heterocycles. The van der Waals surface area contributed by atoms with Crippen molar-refractivity contribution in [2.24, 2.45) is 5.73 Å². The van der Waals surface area contributed by atoms with Crippen LogP contribution in [0.25, 0.3) is 0 Å². The first-order valence-electron chi connectivity index (χ1n) is 6.44. The van der Waals surface area contributed by atoms with E-state index in [1.54, 1.807) is 18.2 Å². The highest BCUT2D eigenvalue weighted by Crippen LogP contribution is 2.25. The smallest absolute Gasteiger partial charge is 0.243 e. The number of sulfonamides is 1. The lowest BCUT2D eigenvalue weighted by atomic mass is 10.2. The van der Waals surface area contributed by atoms with Crippen molar-refractivity contribution in [3.63, 3.8) is 0 Å². The van der Waals surface area contributed by atoms with E-state index in [4.69, 9.17) is 10.5 Å². The molecule has 1 aromatic rings. The van der Waals surface area contributed by atoms with E-state index in [2.05, 4.69) is 0 Å². The molecular formula is C13H20N2O3S. The van der Waals surface area contributed by atoms with E-state index < -0.39 is 10.0 Å². The molecule has 1 atom stereocenters. The van der Waals surface area contributed by atoms with Crippen LogP contribution in [0.1, 0.15) is 18.9 Å². The van der Waals surface area contributed by atoms with Crippen LogP contribution in [0, 0.1) is 6.92 Å². The molecule has 2 rings (SSSR count). The largest absolute Gasteiger partial charge is 0.494 e. The molecular weight excluding hydrogens is 264 g/mol. The topological polar surface area (TPSA) is 72.6 Å². The zero-order valence-electron chi connectivity index (χ0n) is 11.3. The molecule has 1 heterocycles. The average molecular weight is 284 g/mol. The summed E-state index contributed by atoms with van der Waals surface area (Å²) in [5.74, 6) is 0.722. The third-order valence-electron chi connectivity index (χ3n) is 3.27. The van der Waals surface area contributed by atoms with Crippen molar-refractivity contribution in [1.82, 2.24) is 4.31 Å². The third-order valence-corrected chi connectivity index (χ3v) is 5.13. The van der Waals surface area contributed by atoms with Crippen LogP contribution in [0.15, 0.2) is 23.1 Å². The van der Waals surface area contributed by atoms with Crippen molar-refractivity contribution in [2.75, 3.05) is 19.7 Å². The second kappa shape index (κ2) is 5.48. The van der Waals surface area contributed by atoms with E-state index in [0.29, 0.717) is 24.6 Å². The summed E-state index contributed by atoms with van der Waals surface area (Å²) in [6.45, 7) is 5.20. The van der Waals surface area contributed by atoms with Gasteiger partial charge < -0.3 is 10.5 Å². The highest BCUT2D eigenvalue weighted by atomic mass is 32.2. The van der Waals surface area contributed by atoms with E-state index in [0.717, 1.165) is 17.7 Å². The molecule has 0 saturated carbocycles. The van der Waals surface area contributed by atoms with Crippen LogP contribution in [0.3, 0.4) is 0 Å². The predicted molar refractivity (Wildman–Crippen MR) is 73.7 cm³/mol. The minimum atomic E-state index is -3.43. The first-order valence-corrected chi connectivity index (χ1v) is 7.88. The van der Waals surface area contributed by atoms with Gasteiger partial charge in [-0.25, -0.2) is 8.42 Å². The summed E-state index contributed by atoms with van der Waals surface area (Å²) in [5.41, 5.74) is 6.59. The Kier molecular flexibility index (Phi) is 4.13. The van der Waals surface area contributed by atoms with Crippen LogP contribution in [0.2, 0.25) is 0 Å². The summed E-state index contributed by atoms with van der Waals surface area (Å²) >= 11 is 0.